The van der Waals surface area contributed by atoms with Crippen LogP contribution in [0, 0.1) is 0 Å². The van der Waals surface area contributed by atoms with Gasteiger partial charge in [-0.25, -0.2) is 0 Å². The van der Waals surface area contributed by atoms with Crippen LogP contribution < -0.4 is 15.2 Å². The molecule has 0 bridgehead atoms. The lowest BCUT2D eigenvalue weighted by atomic mass is 9.97. The molecule has 4 heteroatoms. The van der Waals surface area contributed by atoms with Crippen LogP contribution in [-0.2, 0) is 0 Å². The average Bonchev–Trinajstić information content (AvgIpc) is 2.47. The van der Waals surface area contributed by atoms with Gasteiger partial charge in [0.1, 0.15) is 13.2 Å². The van der Waals surface area contributed by atoms with E-state index in [1.54, 1.807) is 0 Å². The van der Waals surface area contributed by atoms with Gasteiger partial charge in [0.05, 0.1) is 0 Å². The highest BCUT2D eigenvalue weighted by Crippen LogP contribution is 2.37. The van der Waals surface area contributed by atoms with E-state index in [4.69, 9.17) is 15.2 Å². The molecule has 0 amide bonds. The standard InChI is InChI=1S/C16H23NO2S/c17-13-5-3-1-2-4-6-16(13)20-12-7-8-14-15(11-12)19-10-9-18-14/h7-8,11,13,16H,1-6,9-10,17H2. The molecule has 2 N–H and O–H groups in total. The fourth-order valence-electron chi connectivity index (χ4n) is 2.90. The lowest BCUT2D eigenvalue weighted by molar-refractivity contribution is 0.171. The number of hydrogen-bond acceptors (Lipinski definition) is 4. The van der Waals surface area contributed by atoms with E-state index in [9.17, 15) is 0 Å². The Morgan fingerprint density at radius 3 is 2.55 bits per heavy atom. The van der Waals surface area contributed by atoms with Gasteiger partial charge in [0.2, 0.25) is 0 Å². The van der Waals surface area contributed by atoms with Crippen LogP contribution in [0.25, 0.3) is 0 Å². The Morgan fingerprint density at radius 1 is 0.950 bits per heavy atom. The average molecular weight is 293 g/mol. The first-order chi connectivity index (χ1) is 9.83. The zero-order valence-corrected chi connectivity index (χ0v) is 12.7. The van der Waals surface area contributed by atoms with Crippen LogP contribution in [0.15, 0.2) is 23.1 Å². The Kier molecular flexibility index (Phi) is 4.73. The highest BCUT2D eigenvalue weighted by atomic mass is 32.2. The first-order valence-electron chi connectivity index (χ1n) is 7.65. The van der Waals surface area contributed by atoms with Crippen molar-refractivity contribution in [2.24, 2.45) is 5.73 Å². The molecular weight excluding hydrogens is 270 g/mol. The van der Waals surface area contributed by atoms with Crippen LogP contribution in [0.2, 0.25) is 0 Å². The SMILES string of the molecule is NC1CCCCCCC1Sc1ccc2c(c1)OCCO2. The molecule has 2 atom stereocenters. The van der Waals surface area contributed by atoms with Gasteiger partial charge in [0, 0.05) is 16.2 Å². The van der Waals surface area contributed by atoms with Crippen LogP contribution >= 0.6 is 11.8 Å². The third kappa shape index (κ3) is 3.41. The van der Waals surface area contributed by atoms with Gasteiger partial charge in [0.15, 0.2) is 11.5 Å². The number of nitrogens with two attached hydrogens (primary N) is 1. The molecule has 0 aromatic heterocycles. The lowest BCUT2D eigenvalue weighted by Crippen LogP contribution is -2.33. The first-order valence-corrected chi connectivity index (χ1v) is 8.53. The Morgan fingerprint density at radius 2 is 1.70 bits per heavy atom. The molecule has 1 saturated carbocycles. The van der Waals surface area contributed by atoms with Crippen LogP contribution in [0.4, 0.5) is 0 Å². The summed E-state index contributed by atoms with van der Waals surface area (Å²) < 4.78 is 11.2. The van der Waals surface area contributed by atoms with Gasteiger partial charge in [-0.15, -0.1) is 11.8 Å². The van der Waals surface area contributed by atoms with Crippen molar-refractivity contribution in [3.05, 3.63) is 18.2 Å². The fraction of sp³-hybridized carbons (Fsp3) is 0.625. The second kappa shape index (κ2) is 6.72. The monoisotopic (exact) mass is 293 g/mol. The van der Waals surface area contributed by atoms with Crippen molar-refractivity contribution in [3.8, 4) is 11.5 Å². The van der Waals surface area contributed by atoms with Crippen LogP contribution in [0.5, 0.6) is 11.5 Å². The highest BCUT2D eigenvalue weighted by Gasteiger charge is 2.21. The van der Waals surface area contributed by atoms with Crippen molar-refractivity contribution in [2.45, 2.75) is 54.7 Å². The summed E-state index contributed by atoms with van der Waals surface area (Å²) in [5.74, 6) is 1.74. The molecule has 1 aromatic rings. The molecule has 2 aliphatic rings. The van der Waals surface area contributed by atoms with E-state index in [0.717, 1.165) is 17.9 Å². The predicted molar refractivity (Wildman–Crippen MR) is 82.8 cm³/mol. The summed E-state index contributed by atoms with van der Waals surface area (Å²) in [6.45, 7) is 1.29. The van der Waals surface area contributed by atoms with E-state index in [1.165, 1.54) is 37.0 Å². The molecule has 1 aliphatic heterocycles. The second-order valence-electron chi connectivity index (χ2n) is 5.62. The van der Waals surface area contributed by atoms with Crippen molar-refractivity contribution in [1.29, 1.82) is 0 Å². The summed E-state index contributed by atoms with van der Waals surface area (Å²) in [7, 11) is 0. The van der Waals surface area contributed by atoms with E-state index in [2.05, 4.69) is 12.1 Å². The summed E-state index contributed by atoms with van der Waals surface area (Å²) >= 11 is 1.91. The van der Waals surface area contributed by atoms with E-state index >= 15 is 0 Å². The smallest absolute Gasteiger partial charge is 0.162 e. The fourth-order valence-corrected chi connectivity index (χ4v) is 4.16. The van der Waals surface area contributed by atoms with Gasteiger partial charge in [-0.05, 0) is 31.0 Å². The summed E-state index contributed by atoms with van der Waals surface area (Å²) in [4.78, 5) is 1.25. The van der Waals surface area contributed by atoms with Gasteiger partial charge in [0.25, 0.3) is 0 Å². The summed E-state index contributed by atoms with van der Waals surface area (Å²) in [6, 6.07) is 6.56. The number of rotatable bonds is 2. The van der Waals surface area contributed by atoms with Gasteiger partial charge >= 0.3 is 0 Å². The van der Waals surface area contributed by atoms with Crippen molar-refractivity contribution >= 4 is 11.8 Å². The van der Waals surface area contributed by atoms with E-state index in [0.29, 0.717) is 24.5 Å². The molecule has 1 aliphatic carbocycles. The molecule has 3 nitrogen and oxygen atoms in total. The molecule has 1 heterocycles. The minimum absolute atomic E-state index is 0.313. The molecule has 110 valence electrons. The number of hydrogen-bond donors (Lipinski definition) is 1. The molecule has 0 saturated heterocycles. The zero-order chi connectivity index (χ0) is 13.8. The third-order valence-electron chi connectivity index (χ3n) is 4.05. The normalized spacial score (nSPS) is 26.6. The number of fused-ring (bicyclic) bond motifs is 1. The van der Waals surface area contributed by atoms with E-state index in [1.807, 2.05) is 17.8 Å². The number of thioether (sulfide) groups is 1. The molecule has 20 heavy (non-hydrogen) atoms. The van der Waals surface area contributed by atoms with E-state index in [-0.39, 0.29) is 0 Å². The van der Waals surface area contributed by atoms with Gasteiger partial charge < -0.3 is 15.2 Å². The quantitative estimate of drug-likeness (QED) is 0.905. The third-order valence-corrected chi connectivity index (χ3v) is 5.47. The zero-order valence-electron chi connectivity index (χ0n) is 11.8. The maximum absolute atomic E-state index is 6.36. The summed E-state index contributed by atoms with van der Waals surface area (Å²) in [5.41, 5.74) is 6.36. The summed E-state index contributed by atoms with van der Waals surface area (Å²) in [6.07, 6.45) is 7.65. The topological polar surface area (TPSA) is 44.5 Å². The van der Waals surface area contributed by atoms with Crippen molar-refractivity contribution in [2.75, 3.05) is 13.2 Å². The Hall–Kier alpha value is -0.870. The van der Waals surface area contributed by atoms with Crippen molar-refractivity contribution < 1.29 is 9.47 Å². The van der Waals surface area contributed by atoms with Crippen molar-refractivity contribution in [3.63, 3.8) is 0 Å². The second-order valence-corrected chi connectivity index (χ2v) is 6.93. The first kappa shape index (κ1) is 14.1. The Balaban J connectivity index is 1.69. The number of benzene rings is 1. The van der Waals surface area contributed by atoms with Crippen LogP contribution in [0.3, 0.4) is 0 Å². The summed E-state index contributed by atoms with van der Waals surface area (Å²) in [5, 5.41) is 0.526. The maximum Gasteiger partial charge on any atom is 0.162 e. The largest absolute Gasteiger partial charge is 0.486 e. The molecule has 3 rings (SSSR count). The van der Waals surface area contributed by atoms with Gasteiger partial charge in [-0.3, -0.25) is 0 Å². The van der Waals surface area contributed by atoms with Crippen molar-refractivity contribution in [1.82, 2.24) is 0 Å². The van der Waals surface area contributed by atoms with E-state index < -0.39 is 0 Å². The molecule has 0 spiro atoms. The van der Waals surface area contributed by atoms with Gasteiger partial charge in [-0.2, -0.15) is 0 Å². The van der Waals surface area contributed by atoms with Crippen LogP contribution in [0.1, 0.15) is 38.5 Å². The number of ether oxygens (including phenoxy) is 2. The maximum atomic E-state index is 6.36. The predicted octanol–water partition coefficient (Wildman–Crippen LogP) is 3.60. The molecule has 2 unspecified atom stereocenters. The van der Waals surface area contributed by atoms with Gasteiger partial charge in [-0.1, -0.05) is 25.7 Å². The molecular formula is C16H23NO2S. The molecule has 0 radical (unpaired) electrons. The minimum atomic E-state index is 0.313. The molecule has 1 fully saturated rings. The molecule has 1 aromatic carbocycles. The lowest BCUT2D eigenvalue weighted by Gasteiger charge is -2.26. The Bertz CT molecular complexity index is 452. The minimum Gasteiger partial charge on any atom is -0.486 e. The highest BCUT2D eigenvalue weighted by molar-refractivity contribution is 8.00. The Labute approximate surface area is 125 Å². The van der Waals surface area contributed by atoms with Crippen LogP contribution in [-0.4, -0.2) is 24.5 Å².